The summed E-state index contributed by atoms with van der Waals surface area (Å²) in [6.07, 6.45) is -0.788. The van der Waals surface area contributed by atoms with Crippen molar-refractivity contribution < 1.29 is 19.1 Å². The molecule has 0 radical (unpaired) electrons. The maximum Gasteiger partial charge on any atom is 0.409 e. The normalized spacial score (nSPS) is 9.80. The molecule has 110 valence electrons. The second-order valence-electron chi connectivity index (χ2n) is 4.72. The highest BCUT2D eigenvalue weighted by molar-refractivity contribution is 5.67. The van der Waals surface area contributed by atoms with Gasteiger partial charge in [0.2, 0.25) is 0 Å². The average molecular weight is 280 g/mol. The third-order valence-corrected chi connectivity index (χ3v) is 2.45. The highest BCUT2D eigenvalue weighted by atomic mass is 16.6. The fourth-order valence-corrected chi connectivity index (χ4v) is 1.36. The van der Waals surface area contributed by atoms with E-state index in [2.05, 4.69) is 0 Å². The van der Waals surface area contributed by atoms with Gasteiger partial charge in [0.15, 0.2) is 0 Å². The van der Waals surface area contributed by atoms with Crippen LogP contribution in [0, 0.1) is 0 Å². The molecular weight excluding hydrogens is 260 g/mol. The molecule has 1 aromatic rings. The second kappa shape index (κ2) is 7.37. The number of nitrogens with zero attached hydrogens (tertiary/aromatic N) is 2. The van der Waals surface area contributed by atoms with Crippen LogP contribution in [0.5, 0.6) is 0 Å². The van der Waals surface area contributed by atoms with Crippen molar-refractivity contribution in [2.24, 2.45) is 0 Å². The summed E-state index contributed by atoms with van der Waals surface area (Å²) in [5, 5.41) is 0. The summed E-state index contributed by atoms with van der Waals surface area (Å²) in [6.45, 7) is 0.374. The first-order valence-corrected chi connectivity index (χ1v) is 6.16. The van der Waals surface area contributed by atoms with Gasteiger partial charge in [-0.25, -0.2) is 9.59 Å². The Morgan fingerprint density at radius 1 is 0.900 bits per heavy atom. The van der Waals surface area contributed by atoms with Crippen molar-refractivity contribution in [3.05, 3.63) is 35.4 Å². The Morgan fingerprint density at radius 2 is 1.30 bits per heavy atom. The minimum atomic E-state index is -0.394. The summed E-state index contributed by atoms with van der Waals surface area (Å²) in [7, 11) is 6.50. The van der Waals surface area contributed by atoms with E-state index in [9.17, 15) is 9.59 Å². The summed E-state index contributed by atoms with van der Waals surface area (Å²) >= 11 is 0. The number of amides is 2. The molecule has 0 aliphatic carbocycles. The minimum Gasteiger partial charge on any atom is -0.445 e. The zero-order valence-corrected chi connectivity index (χ0v) is 12.3. The minimum absolute atomic E-state index is 0.187. The maximum absolute atomic E-state index is 11.3. The van der Waals surface area contributed by atoms with E-state index in [1.165, 1.54) is 9.80 Å². The number of carbonyl (C=O) groups is 2. The third-order valence-electron chi connectivity index (χ3n) is 2.45. The molecule has 0 atom stereocenters. The van der Waals surface area contributed by atoms with Crippen molar-refractivity contribution >= 4 is 12.2 Å². The van der Waals surface area contributed by atoms with E-state index in [4.69, 9.17) is 9.47 Å². The van der Waals surface area contributed by atoms with Crippen LogP contribution >= 0.6 is 0 Å². The van der Waals surface area contributed by atoms with E-state index in [0.717, 1.165) is 11.1 Å². The van der Waals surface area contributed by atoms with Gasteiger partial charge in [-0.05, 0) is 17.2 Å². The molecule has 0 saturated heterocycles. The predicted molar refractivity (Wildman–Crippen MR) is 74.2 cm³/mol. The van der Waals surface area contributed by atoms with Gasteiger partial charge in [0.1, 0.15) is 13.2 Å². The Labute approximate surface area is 118 Å². The summed E-state index contributed by atoms with van der Waals surface area (Å²) < 4.78 is 10.2. The highest BCUT2D eigenvalue weighted by Gasteiger charge is 2.07. The Morgan fingerprint density at radius 3 is 1.65 bits per heavy atom. The molecule has 6 nitrogen and oxygen atoms in total. The lowest BCUT2D eigenvalue weighted by molar-refractivity contribution is 0.111. The van der Waals surface area contributed by atoms with Gasteiger partial charge < -0.3 is 19.3 Å². The van der Waals surface area contributed by atoms with Crippen LogP contribution in [-0.4, -0.2) is 50.2 Å². The van der Waals surface area contributed by atoms with E-state index >= 15 is 0 Å². The van der Waals surface area contributed by atoms with E-state index in [-0.39, 0.29) is 13.2 Å². The number of rotatable bonds is 4. The van der Waals surface area contributed by atoms with Crippen molar-refractivity contribution in [3.63, 3.8) is 0 Å². The van der Waals surface area contributed by atoms with Crippen LogP contribution in [0.15, 0.2) is 24.3 Å². The van der Waals surface area contributed by atoms with E-state index in [1.54, 1.807) is 28.2 Å². The SMILES string of the molecule is CN(C)C(=O)OCc1cccc(COC(=O)N(C)C)c1. The van der Waals surface area contributed by atoms with Gasteiger partial charge in [-0.2, -0.15) is 0 Å². The molecule has 0 unspecified atom stereocenters. The lowest BCUT2D eigenvalue weighted by Crippen LogP contribution is -2.23. The van der Waals surface area contributed by atoms with Crippen LogP contribution in [0.1, 0.15) is 11.1 Å². The van der Waals surface area contributed by atoms with Crippen molar-refractivity contribution in [1.29, 1.82) is 0 Å². The van der Waals surface area contributed by atoms with Crippen LogP contribution in [-0.2, 0) is 22.7 Å². The van der Waals surface area contributed by atoms with E-state index in [1.807, 2.05) is 24.3 Å². The highest BCUT2D eigenvalue weighted by Crippen LogP contribution is 2.09. The predicted octanol–water partition coefficient (Wildman–Crippen LogP) is 2.08. The van der Waals surface area contributed by atoms with Crippen LogP contribution < -0.4 is 0 Å². The number of carbonyl (C=O) groups excluding carboxylic acids is 2. The van der Waals surface area contributed by atoms with Gasteiger partial charge in [0.05, 0.1) is 0 Å². The van der Waals surface area contributed by atoms with Crippen molar-refractivity contribution in [2.75, 3.05) is 28.2 Å². The maximum atomic E-state index is 11.3. The summed E-state index contributed by atoms with van der Waals surface area (Å²) in [5.74, 6) is 0. The topological polar surface area (TPSA) is 59.1 Å². The van der Waals surface area contributed by atoms with Gasteiger partial charge in [-0.15, -0.1) is 0 Å². The molecule has 0 spiro atoms. The smallest absolute Gasteiger partial charge is 0.409 e. The molecule has 6 heteroatoms. The largest absolute Gasteiger partial charge is 0.445 e. The molecule has 1 rings (SSSR count). The van der Waals surface area contributed by atoms with Crippen molar-refractivity contribution in [2.45, 2.75) is 13.2 Å². The van der Waals surface area contributed by atoms with E-state index in [0.29, 0.717) is 0 Å². The zero-order valence-electron chi connectivity index (χ0n) is 12.3. The molecule has 0 aromatic heterocycles. The molecule has 0 N–H and O–H groups in total. The fourth-order valence-electron chi connectivity index (χ4n) is 1.36. The zero-order chi connectivity index (χ0) is 15.1. The third kappa shape index (κ3) is 5.17. The molecule has 0 heterocycles. The quantitative estimate of drug-likeness (QED) is 0.847. The fraction of sp³-hybridized carbons (Fsp3) is 0.429. The lowest BCUT2D eigenvalue weighted by atomic mass is 10.1. The molecule has 0 aliphatic heterocycles. The van der Waals surface area contributed by atoms with Crippen molar-refractivity contribution in [1.82, 2.24) is 9.80 Å². The Kier molecular flexibility index (Phi) is 5.83. The van der Waals surface area contributed by atoms with Gasteiger partial charge >= 0.3 is 12.2 Å². The van der Waals surface area contributed by atoms with Crippen LogP contribution in [0.3, 0.4) is 0 Å². The summed E-state index contributed by atoms with van der Waals surface area (Å²) in [5.41, 5.74) is 1.69. The van der Waals surface area contributed by atoms with Crippen molar-refractivity contribution in [3.8, 4) is 0 Å². The molecule has 0 aliphatic rings. The summed E-state index contributed by atoms with van der Waals surface area (Å²) in [6, 6.07) is 7.37. The second-order valence-corrected chi connectivity index (χ2v) is 4.72. The number of hydrogen-bond acceptors (Lipinski definition) is 4. The number of benzene rings is 1. The van der Waals surface area contributed by atoms with Gasteiger partial charge in [-0.3, -0.25) is 0 Å². The Balaban J connectivity index is 2.53. The number of hydrogen-bond donors (Lipinski definition) is 0. The molecular formula is C14H20N2O4. The molecule has 2 amide bonds. The standard InChI is InChI=1S/C14H20N2O4/c1-15(2)13(17)19-9-11-6-5-7-12(8-11)10-20-14(18)16(3)4/h5-8H,9-10H2,1-4H3. The Hall–Kier alpha value is -2.24. The van der Waals surface area contributed by atoms with Gasteiger partial charge in [0, 0.05) is 28.2 Å². The van der Waals surface area contributed by atoms with Crippen LogP contribution in [0.2, 0.25) is 0 Å². The summed E-state index contributed by atoms with van der Waals surface area (Å²) in [4.78, 5) is 25.4. The van der Waals surface area contributed by atoms with Crippen LogP contribution in [0.4, 0.5) is 9.59 Å². The van der Waals surface area contributed by atoms with Gasteiger partial charge in [0.25, 0.3) is 0 Å². The van der Waals surface area contributed by atoms with Gasteiger partial charge in [-0.1, -0.05) is 18.2 Å². The monoisotopic (exact) mass is 280 g/mol. The lowest BCUT2D eigenvalue weighted by Gasteiger charge is -2.13. The average Bonchev–Trinajstić information content (AvgIpc) is 2.42. The molecule has 1 aromatic carbocycles. The van der Waals surface area contributed by atoms with Crippen LogP contribution in [0.25, 0.3) is 0 Å². The first-order valence-electron chi connectivity index (χ1n) is 6.16. The molecule has 0 fully saturated rings. The van der Waals surface area contributed by atoms with E-state index < -0.39 is 12.2 Å². The Bertz CT molecular complexity index is 433. The molecule has 20 heavy (non-hydrogen) atoms. The first-order chi connectivity index (χ1) is 9.40. The molecule has 0 saturated carbocycles. The molecule has 0 bridgehead atoms. The first kappa shape index (κ1) is 15.8. The number of ether oxygens (including phenoxy) is 2.